The summed E-state index contributed by atoms with van der Waals surface area (Å²) in [7, 11) is 1.39. The van der Waals surface area contributed by atoms with Crippen molar-refractivity contribution in [3.63, 3.8) is 0 Å². The van der Waals surface area contributed by atoms with Gasteiger partial charge < -0.3 is 9.72 Å². The predicted octanol–water partition coefficient (Wildman–Crippen LogP) is 3.85. The second-order valence-electron chi connectivity index (χ2n) is 6.69. The van der Waals surface area contributed by atoms with E-state index in [1.54, 1.807) is 6.20 Å². The molecule has 0 spiro atoms. The van der Waals surface area contributed by atoms with Crippen LogP contribution in [-0.2, 0) is 16.6 Å². The van der Waals surface area contributed by atoms with Crippen molar-refractivity contribution in [2.45, 2.75) is 25.7 Å². The lowest BCUT2D eigenvalue weighted by Crippen LogP contribution is -2.26. The molecule has 2 heterocycles. The zero-order valence-corrected chi connectivity index (χ0v) is 13.4. The van der Waals surface area contributed by atoms with Crippen LogP contribution >= 0.6 is 0 Å². The van der Waals surface area contributed by atoms with Crippen LogP contribution in [0.3, 0.4) is 0 Å². The molecule has 0 unspecified atom stereocenters. The molecule has 0 saturated carbocycles. The fourth-order valence-electron chi connectivity index (χ4n) is 3.63. The number of nitrogens with zero attached hydrogens (tertiary/aromatic N) is 1. The lowest BCUT2D eigenvalue weighted by Gasteiger charge is -2.31. The van der Waals surface area contributed by atoms with E-state index in [0.717, 1.165) is 28.9 Å². The number of esters is 1. The Bertz CT molecular complexity index is 938. The number of fused-ring (bicyclic) bond motifs is 5. The van der Waals surface area contributed by atoms with Gasteiger partial charge >= 0.3 is 5.97 Å². The molecule has 2 aromatic heterocycles. The maximum Gasteiger partial charge on any atom is 0.339 e. The van der Waals surface area contributed by atoms with Gasteiger partial charge in [-0.25, -0.2) is 4.79 Å². The number of para-hydroxylation sites is 1. The molecule has 1 aliphatic rings. The highest BCUT2D eigenvalue weighted by atomic mass is 16.5. The Morgan fingerprint density at radius 3 is 2.87 bits per heavy atom. The van der Waals surface area contributed by atoms with Crippen LogP contribution < -0.4 is 0 Å². The van der Waals surface area contributed by atoms with Crippen molar-refractivity contribution >= 4 is 16.9 Å². The Morgan fingerprint density at radius 2 is 2.09 bits per heavy atom. The van der Waals surface area contributed by atoms with Gasteiger partial charge in [0.25, 0.3) is 0 Å². The molecule has 0 saturated heterocycles. The Kier molecular flexibility index (Phi) is 2.85. The minimum absolute atomic E-state index is 0.0122. The Hall–Kier alpha value is -2.62. The van der Waals surface area contributed by atoms with Crippen LogP contribution in [0.1, 0.15) is 35.5 Å². The van der Waals surface area contributed by atoms with Crippen molar-refractivity contribution in [2.24, 2.45) is 0 Å². The minimum Gasteiger partial charge on any atom is -0.465 e. The van der Waals surface area contributed by atoms with E-state index in [0.29, 0.717) is 5.56 Å². The molecule has 4 rings (SSSR count). The largest absolute Gasteiger partial charge is 0.465 e. The van der Waals surface area contributed by atoms with Crippen LogP contribution in [0.2, 0.25) is 0 Å². The van der Waals surface area contributed by atoms with Gasteiger partial charge in [0.15, 0.2) is 0 Å². The molecule has 1 aromatic carbocycles. The molecular weight excluding hydrogens is 288 g/mol. The zero-order chi connectivity index (χ0) is 16.2. The molecule has 0 atom stereocenters. The summed E-state index contributed by atoms with van der Waals surface area (Å²) < 4.78 is 4.83. The Morgan fingerprint density at radius 1 is 1.30 bits per heavy atom. The van der Waals surface area contributed by atoms with Gasteiger partial charge in [0.05, 0.1) is 24.1 Å². The number of aromatic amines is 1. The highest BCUT2D eigenvalue weighted by molar-refractivity contribution is 5.95. The number of pyridine rings is 1. The summed E-state index contributed by atoms with van der Waals surface area (Å²) in [6.07, 6.45) is 2.45. The SMILES string of the molecule is COC(=O)c1cnc2c(c1)-c1[nH]c3ccccc3c1C(C)(C)C2. The molecule has 0 aliphatic heterocycles. The molecule has 4 nitrogen and oxygen atoms in total. The second-order valence-corrected chi connectivity index (χ2v) is 6.69. The fraction of sp³-hybridized carbons (Fsp3) is 0.263. The van der Waals surface area contributed by atoms with Gasteiger partial charge in [0.1, 0.15) is 0 Å². The second kappa shape index (κ2) is 4.69. The number of hydrogen-bond donors (Lipinski definition) is 1. The van der Waals surface area contributed by atoms with Crippen molar-refractivity contribution in [2.75, 3.05) is 7.11 Å². The first-order valence-electron chi connectivity index (χ1n) is 7.70. The monoisotopic (exact) mass is 306 g/mol. The van der Waals surface area contributed by atoms with E-state index in [4.69, 9.17) is 4.74 Å². The van der Waals surface area contributed by atoms with Crippen LogP contribution in [0.15, 0.2) is 36.5 Å². The van der Waals surface area contributed by atoms with E-state index in [1.807, 2.05) is 12.1 Å². The summed E-state index contributed by atoms with van der Waals surface area (Å²) in [5.41, 5.74) is 5.96. The molecule has 3 aromatic rings. The van der Waals surface area contributed by atoms with Crippen molar-refractivity contribution in [1.29, 1.82) is 0 Å². The van der Waals surface area contributed by atoms with Crippen molar-refractivity contribution in [1.82, 2.24) is 9.97 Å². The summed E-state index contributed by atoms with van der Waals surface area (Å²) in [6.45, 7) is 4.48. The quantitative estimate of drug-likeness (QED) is 0.695. The molecule has 4 heteroatoms. The lowest BCUT2D eigenvalue weighted by atomic mass is 9.73. The first kappa shape index (κ1) is 14.0. The molecule has 0 fully saturated rings. The molecule has 0 radical (unpaired) electrons. The van der Waals surface area contributed by atoms with E-state index in [1.165, 1.54) is 18.1 Å². The van der Waals surface area contributed by atoms with Crippen molar-refractivity contribution < 1.29 is 9.53 Å². The van der Waals surface area contributed by atoms with E-state index >= 15 is 0 Å². The number of carbonyl (C=O) groups excluding carboxylic acids is 1. The Balaban J connectivity index is 2.03. The number of nitrogens with one attached hydrogen (secondary N) is 1. The van der Waals surface area contributed by atoms with Crippen molar-refractivity contribution in [3.8, 4) is 11.3 Å². The molecule has 23 heavy (non-hydrogen) atoms. The minimum atomic E-state index is -0.359. The average Bonchev–Trinajstić information content (AvgIpc) is 2.94. The molecule has 116 valence electrons. The summed E-state index contributed by atoms with van der Waals surface area (Å²) in [5, 5.41) is 1.24. The molecular formula is C19H18N2O2. The van der Waals surface area contributed by atoms with Crippen LogP contribution in [0, 0.1) is 0 Å². The Labute approximate surface area is 134 Å². The maximum atomic E-state index is 11.8. The van der Waals surface area contributed by atoms with Crippen LogP contribution in [0.4, 0.5) is 0 Å². The highest BCUT2D eigenvalue weighted by Gasteiger charge is 2.35. The molecule has 1 N–H and O–H groups in total. The number of H-pyrrole nitrogens is 1. The van der Waals surface area contributed by atoms with Crippen molar-refractivity contribution in [3.05, 3.63) is 53.3 Å². The van der Waals surface area contributed by atoms with Crippen LogP contribution in [0.5, 0.6) is 0 Å². The molecule has 0 amide bonds. The molecule has 1 aliphatic carbocycles. The zero-order valence-electron chi connectivity index (χ0n) is 13.4. The number of methoxy groups -OCH3 is 1. The summed E-state index contributed by atoms with van der Waals surface area (Å²) in [4.78, 5) is 19.9. The van der Waals surface area contributed by atoms with E-state index < -0.39 is 0 Å². The predicted molar refractivity (Wildman–Crippen MR) is 89.6 cm³/mol. The smallest absolute Gasteiger partial charge is 0.339 e. The summed E-state index contributed by atoms with van der Waals surface area (Å²) >= 11 is 0. The third-order valence-corrected chi connectivity index (χ3v) is 4.65. The molecule has 0 bridgehead atoms. The standard InChI is InChI=1S/C19H18N2O2/c1-19(2)9-15-13(8-11(10-20-15)18(22)23-3)17-16(19)12-6-4-5-7-14(12)21-17/h4-8,10,21H,9H2,1-3H3. The number of hydrogen-bond acceptors (Lipinski definition) is 3. The average molecular weight is 306 g/mol. The first-order valence-corrected chi connectivity index (χ1v) is 7.70. The van der Waals surface area contributed by atoms with E-state index in [-0.39, 0.29) is 11.4 Å². The highest BCUT2D eigenvalue weighted by Crippen LogP contribution is 2.45. The van der Waals surface area contributed by atoms with Gasteiger partial charge in [-0.1, -0.05) is 32.0 Å². The topological polar surface area (TPSA) is 55.0 Å². The van der Waals surface area contributed by atoms with Gasteiger partial charge in [-0.05, 0) is 29.5 Å². The number of carbonyl (C=O) groups is 1. The first-order chi connectivity index (χ1) is 11.0. The number of aromatic nitrogens is 2. The third kappa shape index (κ3) is 1.98. The van der Waals surface area contributed by atoms with Gasteiger partial charge in [-0.15, -0.1) is 0 Å². The number of rotatable bonds is 1. The van der Waals surface area contributed by atoms with Gasteiger partial charge in [0.2, 0.25) is 0 Å². The maximum absolute atomic E-state index is 11.8. The van der Waals surface area contributed by atoms with Gasteiger partial charge in [-0.2, -0.15) is 0 Å². The van der Waals surface area contributed by atoms with Gasteiger partial charge in [-0.3, -0.25) is 4.98 Å². The van der Waals surface area contributed by atoms with Gasteiger partial charge in [0, 0.05) is 22.7 Å². The van der Waals surface area contributed by atoms with E-state index in [2.05, 4.69) is 42.0 Å². The van der Waals surface area contributed by atoms with E-state index in [9.17, 15) is 4.79 Å². The van der Waals surface area contributed by atoms with Crippen LogP contribution in [0.25, 0.3) is 22.2 Å². The van der Waals surface area contributed by atoms with Crippen LogP contribution in [-0.4, -0.2) is 23.0 Å². The lowest BCUT2D eigenvalue weighted by molar-refractivity contribution is 0.0600. The summed E-state index contributed by atoms with van der Waals surface area (Å²) in [5.74, 6) is -0.359. The number of benzene rings is 1. The fourth-order valence-corrected chi connectivity index (χ4v) is 3.63. The summed E-state index contributed by atoms with van der Waals surface area (Å²) in [6, 6.07) is 10.2. The number of ether oxygens (including phenoxy) is 1. The normalized spacial score (nSPS) is 15.1. The third-order valence-electron chi connectivity index (χ3n) is 4.65.